The quantitative estimate of drug-likeness (QED) is 0.520. The van der Waals surface area contributed by atoms with Crippen LogP contribution in [-0.2, 0) is 11.8 Å². The van der Waals surface area contributed by atoms with E-state index in [4.69, 9.17) is 0 Å². The summed E-state index contributed by atoms with van der Waals surface area (Å²) < 4.78 is 0. The molecule has 2 rings (SSSR count). The van der Waals surface area contributed by atoms with E-state index in [2.05, 4.69) is 106 Å². The molecule has 2 aromatic carbocycles. The van der Waals surface area contributed by atoms with Crippen LogP contribution in [0.25, 0.3) is 0 Å². The molecule has 0 fully saturated rings. The van der Waals surface area contributed by atoms with Gasteiger partial charge in [-0.15, -0.1) is 0 Å². The van der Waals surface area contributed by atoms with Crippen LogP contribution in [0.2, 0.25) is 0 Å². The van der Waals surface area contributed by atoms with Crippen LogP contribution in [0.1, 0.15) is 51.7 Å². The van der Waals surface area contributed by atoms with Crippen molar-refractivity contribution in [3.63, 3.8) is 0 Å². The number of nitrogens with zero attached hydrogens (tertiary/aromatic N) is 1. The molecule has 0 amide bonds. The molecule has 2 aromatic rings. The van der Waals surface area contributed by atoms with Crippen molar-refractivity contribution in [1.82, 2.24) is 10.2 Å². The first-order valence-electron chi connectivity index (χ1n) is 11.0. The van der Waals surface area contributed by atoms with E-state index in [1.807, 2.05) is 0 Å². The van der Waals surface area contributed by atoms with Gasteiger partial charge < -0.3 is 10.2 Å². The van der Waals surface area contributed by atoms with Crippen LogP contribution in [0.5, 0.6) is 0 Å². The minimum Gasteiger partial charge on any atom is -0.314 e. The first-order valence-corrected chi connectivity index (χ1v) is 11.0. The van der Waals surface area contributed by atoms with Gasteiger partial charge in [0.25, 0.3) is 0 Å². The molecular formula is C26H40N2. The number of rotatable bonds is 12. The molecule has 28 heavy (non-hydrogen) atoms. The van der Waals surface area contributed by atoms with Gasteiger partial charge in [0.2, 0.25) is 0 Å². The minimum absolute atomic E-state index is 0.186. The summed E-state index contributed by atoms with van der Waals surface area (Å²) >= 11 is 0. The zero-order chi connectivity index (χ0) is 20.4. The van der Waals surface area contributed by atoms with E-state index in [-0.39, 0.29) is 5.41 Å². The summed E-state index contributed by atoms with van der Waals surface area (Å²) in [5.41, 5.74) is 3.09. The van der Waals surface area contributed by atoms with Crippen LogP contribution in [0, 0.1) is 5.92 Å². The summed E-state index contributed by atoms with van der Waals surface area (Å²) in [4.78, 5) is 2.49. The third kappa shape index (κ3) is 6.76. The molecule has 0 radical (unpaired) electrons. The van der Waals surface area contributed by atoms with Crippen molar-refractivity contribution in [3.8, 4) is 0 Å². The van der Waals surface area contributed by atoms with Gasteiger partial charge in [0.15, 0.2) is 0 Å². The van der Waals surface area contributed by atoms with E-state index in [9.17, 15) is 0 Å². The van der Waals surface area contributed by atoms with Crippen LogP contribution < -0.4 is 5.32 Å². The Balaban J connectivity index is 1.97. The first kappa shape index (κ1) is 22.6. The van der Waals surface area contributed by atoms with E-state index in [0.717, 1.165) is 26.1 Å². The lowest BCUT2D eigenvalue weighted by atomic mass is 9.68. The molecule has 1 N–H and O–H groups in total. The molecule has 0 bridgehead atoms. The molecule has 1 atom stereocenters. The third-order valence-electron chi connectivity index (χ3n) is 6.07. The van der Waals surface area contributed by atoms with Crippen molar-refractivity contribution >= 4 is 0 Å². The van der Waals surface area contributed by atoms with Crippen molar-refractivity contribution < 1.29 is 0 Å². The molecule has 0 aliphatic rings. The average Bonchev–Trinajstić information content (AvgIpc) is 2.70. The van der Waals surface area contributed by atoms with Gasteiger partial charge in [-0.25, -0.2) is 0 Å². The predicted molar refractivity (Wildman–Crippen MR) is 123 cm³/mol. The second-order valence-corrected chi connectivity index (χ2v) is 8.85. The SMILES string of the molecule is CC(C)NCC(CCCN(C)CCc1ccccc1)(c1ccccc1)C(C)C. The Hall–Kier alpha value is -1.64. The smallest absolute Gasteiger partial charge is 0.0101 e. The van der Waals surface area contributed by atoms with Crippen LogP contribution in [-0.4, -0.2) is 37.6 Å². The van der Waals surface area contributed by atoms with Gasteiger partial charge in [-0.1, -0.05) is 88.4 Å². The van der Waals surface area contributed by atoms with Crippen LogP contribution in [0.4, 0.5) is 0 Å². The lowest BCUT2D eigenvalue weighted by molar-refractivity contribution is 0.237. The summed E-state index contributed by atoms with van der Waals surface area (Å²) in [5, 5.41) is 3.74. The topological polar surface area (TPSA) is 15.3 Å². The Kier molecular flexibility index (Phi) is 9.21. The molecule has 0 heterocycles. The highest BCUT2D eigenvalue weighted by molar-refractivity contribution is 5.27. The van der Waals surface area contributed by atoms with E-state index in [0.29, 0.717) is 12.0 Å². The number of likely N-dealkylation sites (N-methyl/N-ethyl adjacent to an activating group) is 1. The molecule has 0 aliphatic heterocycles. The Morgan fingerprint density at radius 1 is 0.857 bits per heavy atom. The molecule has 0 saturated carbocycles. The zero-order valence-corrected chi connectivity index (χ0v) is 18.6. The van der Waals surface area contributed by atoms with E-state index in [1.165, 1.54) is 24.0 Å². The van der Waals surface area contributed by atoms with Crippen molar-refractivity contribution in [3.05, 3.63) is 71.8 Å². The minimum atomic E-state index is 0.186. The fourth-order valence-corrected chi connectivity index (χ4v) is 4.06. The maximum Gasteiger partial charge on any atom is 0.0101 e. The van der Waals surface area contributed by atoms with Crippen molar-refractivity contribution in [2.45, 2.75) is 58.4 Å². The Labute approximate surface area is 173 Å². The van der Waals surface area contributed by atoms with Crippen molar-refractivity contribution in [1.29, 1.82) is 0 Å². The Morgan fingerprint density at radius 3 is 2.04 bits per heavy atom. The normalized spacial score (nSPS) is 14.0. The standard InChI is InChI=1S/C26H40N2/c1-22(2)26(21-27-23(3)4,25-15-10-7-11-16-25)18-12-19-28(5)20-17-24-13-8-6-9-14-24/h6-11,13-16,22-23,27H,12,17-21H2,1-5H3. The molecule has 0 aromatic heterocycles. The lowest BCUT2D eigenvalue weighted by Gasteiger charge is -2.40. The molecule has 0 saturated heterocycles. The van der Waals surface area contributed by atoms with E-state index in [1.54, 1.807) is 0 Å². The van der Waals surface area contributed by atoms with Gasteiger partial charge in [0.05, 0.1) is 0 Å². The molecule has 154 valence electrons. The van der Waals surface area contributed by atoms with Gasteiger partial charge in [-0.2, -0.15) is 0 Å². The molecule has 2 heteroatoms. The van der Waals surface area contributed by atoms with Gasteiger partial charge in [-0.3, -0.25) is 0 Å². The van der Waals surface area contributed by atoms with E-state index >= 15 is 0 Å². The maximum absolute atomic E-state index is 3.74. The highest BCUT2D eigenvalue weighted by Crippen LogP contribution is 2.36. The first-order chi connectivity index (χ1) is 13.4. The summed E-state index contributed by atoms with van der Waals surface area (Å²) in [6.07, 6.45) is 3.56. The van der Waals surface area contributed by atoms with Crippen LogP contribution in [0.15, 0.2) is 60.7 Å². The number of hydrogen-bond acceptors (Lipinski definition) is 2. The third-order valence-corrected chi connectivity index (χ3v) is 6.07. The predicted octanol–water partition coefficient (Wildman–Crippen LogP) is 5.53. The zero-order valence-electron chi connectivity index (χ0n) is 18.6. The van der Waals surface area contributed by atoms with Crippen molar-refractivity contribution in [2.24, 2.45) is 5.92 Å². The van der Waals surface area contributed by atoms with Gasteiger partial charge >= 0.3 is 0 Å². The molecule has 0 aliphatic carbocycles. The second kappa shape index (κ2) is 11.4. The summed E-state index contributed by atoms with van der Waals surface area (Å²) in [6, 6.07) is 22.5. The average molecular weight is 381 g/mol. The summed E-state index contributed by atoms with van der Waals surface area (Å²) in [6.45, 7) is 12.6. The highest BCUT2D eigenvalue weighted by atomic mass is 15.1. The fraction of sp³-hybridized carbons (Fsp3) is 0.538. The summed E-state index contributed by atoms with van der Waals surface area (Å²) in [7, 11) is 2.26. The number of benzene rings is 2. The molecule has 0 spiro atoms. The van der Waals surface area contributed by atoms with Crippen LogP contribution in [0.3, 0.4) is 0 Å². The van der Waals surface area contributed by atoms with Crippen LogP contribution >= 0.6 is 0 Å². The monoisotopic (exact) mass is 380 g/mol. The Morgan fingerprint density at radius 2 is 1.46 bits per heavy atom. The lowest BCUT2D eigenvalue weighted by Crippen LogP contribution is -2.45. The number of nitrogens with one attached hydrogen (secondary N) is 1. The highest BCUT2D eigenvalue weighted by Gasteiger charge is 2.35. The van der Waals surface area contributed by atoms with Gasteiger partial charge in [0, 0.05) is 24.5 Å². The molecular weight excluding hydrogens is 340 g/mol. The van der Waals surface area contributed by atoms with Gasteiger partial charge in [-0.05, 0) is 49.9 Å². The largest absolute Gasteiger partial charge is 0.314 e. The van der Waals surface area contributed by atoms with E-state index < -0.39 is 0 Å². The Bertz CT molecular complexity index is 651. The number of hydrogen-bond donors (Lipinski definition) is 1. The van der Waals surface area contributed by atoms with Gasteiger partial charge in [0.1, 0.15) is 0 Å². The molecule has 1 unspecified atom stereocenters. The second-order valence-electron chi connectivity index (χ2n) is 8.85. The fourth-order valence-electron chi connectivity index (χ4n) is 4.06. The van der Waals surface area contributed by atoms with Crippen molar-refractivity contribution in [2.75, 3.05) is 26.7 Å². The maximum atomic E-state index is 3.74. The summed E-state index contributed by atoms with van der Waals surface area (Å²) in [5.74, 6) is 0.593. The molecule has 2 nitrogen and oxygen atoms in total.